The molecule has 1 aromatic rings. The predicted octanol–water partition coefficient (Wildman–Crippen LogP) is 2.21. The zero-order chi connectivity index (χ0) is 14.7. The lowest BCUT2D eigenvalue weighted by molar-refractivity contribution is -0.127. The third kappa shape index (κ3) is 3.83. The van der Waals surface area contributed by atoms with Crippen LogP contribution in [-0.2, 0) is 11.2 Å². The van der Waals surface area contributed by atoms with Crippen molar-refractivity contribution < 1.29 is 4.79 Å². The van der Waals surface area contributed by atoms with Crippen molar-refractivity contribution in [3.05, 3.63) is 34.9 Å². The zero-order valence-corrected chi connectivity index (χ0v) is 13.0. The minimum absolute atomic E-state index is 0.109. The van der Waals surface area contributed by atoms with Crippen molar-refractivity contribution in [2.24, 2.45) is 11.8 Å². The molecular weight excluding hydrogens is 248 g/mol. The SMILES string of the molecule is Cc1cc(C)cc(CC(C)NC(=O)C(C)C2CNC2)c1. The lowest BCUT2D eigenvalue weighted by atomic mass is 9.88. The molecule has 3 heteroatoms. The summed E-state index contributed by atoms with van der Waals surface area (Å²) in [6.07, 6.45) is 0.893. The Morgan fingerprint density at radius 3 is 2.35 bits per heavy atom. The Labute approximate surface area is 122 Å². The Bertz CT molecular complexity index is 460. The van der Waals surface area contributed by atoms with Crippen LogP contribution in [0.25, 0.3) is 0 Å². The monoisotopic (exact) mass is 274 g/mol. The Hall–Kier alpha value is -1.35. The maximum Gasteiger partial charge on any atom is 0.223 e. The molecule has 0 bridgehead atoms. The van der Waals surface area contributed by atoms with Gasteiger partial charge in [0.05, 0.1) is 0 Å². The van der Waals surface area contributed by atoms with E-state index in [-0.39, 0.29) is 17.9 Å². The molecule has 0 radical (unpaired) electrons. The summed E-state index contributed by atoms with van der Waals surface area (Å²) in [6.45, 7) is 10.3. The van der Waals surface area contributed by atoms with Crippen molar-refractivity contribution in [1.82, 2.24) is 10.6 Å². The largest absolute Gasteiger partial charge is 0.353 e. The fraction of sp³-hybridized carbons (Fsp3) is 0.588. The average Bonchev–Trinajstić information content (AvgIpc) is 2.24. The van der Waals surface area contributed by atoms with Crippen molar-refractivity contribution in [3.63, 3.8) is 0 Å². The zero-order valence-electron chi connectivity index (χ0n) is 13.0. The van der Waals surface area contributed by atoms with Gasteiger partial charge in [0, 0.05) is 12.0 Å². The molecule has 0 aliphatic carbocycles. The number of aryl methyl sites for hydroxylation is 2. The van der Waals surface area contributed by atoms with Crippen LogP contribution in [0.1, 0.15) is 30.5 Å². The third-order valence-electron chi connectivity index (χ3n) is 4.15. The van der Waals surface area contributed by atoms with Gasteiger partial charge in [0.1, 0.15) is 0 Å². The molecule has 1 aromatic carbocycles. The highest BCUT2D eigenvalue weighted by Crippen LogP contribution is 2.16. The number of benzene rings is 1. The summed E-state index contributed by atoms with van der Waals surface area (Å²) in [4.78, 5) is 12.2. The van der Waals surface area contributed by atoms with Crippen LogP contribution in [-0.4, -0.2) is 25.0 Å². The van der Waals surface area contributed by atoms with Gasteiger partial charge in [-0.05, 0) is 51.8 Å². The van der Waals surface area contributed by atoms with Crippen LogP contribution in [0.2, 0.25) is 0 Å². The fourth-order valence-electron chi connectivity index (χ4n) is 2.84. The van der Waals surface area contributed by atoms with Gasteiger partial charge in [-0.2, -0.15) is 0 Å². The number of carbonyl (C=O) groups excluding carboxylic acids is 1. The molecule has 1 aliphatic heterocycles. The molecule has 1 heterocycles. The Balaban J connectivity index is 1.87. The van der Waals surface area contributed by atoms with Crippen molar-refractivity contribution >= 4 is 5.91 Å². The Morgan fingerprint density at radius 2 is 1.85 bits per heavy atom. The molecule has 1 saturated heterocycles. The number of carbonyl (C=O) groups is 1. The highest BCUT2D eigenvalue weighted by Gasteiger charge is 2.29. The second kappa shape index (κ2) is 6.40. The average molecular weight is 274 g/mol. The molecule has 20 heavy (non-hydrogen) atoms. The van der Waals surface area contributed by atoms with E-state index >= 15 is 0 Å². The van der Waals surface area contributed by atoms with Gasteiger partial charge in [-0.25, -0.2) is 0 Å². The molecule has 1 amide bonds. The lowest BCUT2D eigenvalue weighted by Crippen LogP contribution is -2.50. The highest BCUT2D eigenvalue weighted by molar-refractivity contribution is 5.79. The standard InChI is InChI=1S/C17H26N2O/c1-11-5-12(2)7-15(6-11)8-13(3)19-17(20)14(4)16-9-18-10-16/h5-7,13-14,16,18H,8-10H2,1-4H3,(H,19,20). The Morgan fingerprint density at radius 1 is 1.25 bits per heavy atom. The van der Waals surface area contributed by atoms with Gasteiger partial charge in [-0.3, -0.25) is 4.79 Å². The van der Waals surface area contributed by atoms with Crippen LogP contribution in [0.5, 0.6) is 0 Å². The van der Waals surface area contributed by atoms with E-state index in [9.17, 15) is 4.79 Å². The number of nitrogens with one attached hydrogen (secondary N) is 2. The van der Waals surface area contributed by atoms with Crippen LogP contribution in [0.3, 0.4) is 0 Å². The van der Waals surface area contributed by atoms with Crippen molar-refractivity contribution in [1.29, 1.82) is 0 Å². The minimum atomic E-state index is 0.109. The first-order valence-electron chi connectivity index (χ1n) is 7.54. The van der Waals surface area contributed by atoms with Crippen LogP contribution in [0.4, 0.5) is 0 Å². The van der Waals surface area contributed by atoms with Crippen molar-refractivity contribution in [2.75, 3.05) is 13.1 Å². The second-order valence-electron chi connectivity index (χ2n) is 6.32. The van der Waals surface area contributed by atoms with E-state index in [0.29, 0.717) is 5.92 Å². The summed E-state index contributed by atoms with van der Waals surface area (Å²) in [6, 6.07) is 6.77. The third-order valence-corrected chi connectivity index (χ3v) is 4.15. The highest BCUT2D eigenvalue weighted by atomic mass is 16.1. The van der Waals surface area contributed by atoms with Crippen LogP contribution in [0.15, 0.2) is 18.2 Å². The summed E-state index contributed by atoms with van der Waals surface area (Å²) >= 11 is 0. The van der Waals surface area contributed by atoms with Crippen LogP contribution in [0, 0.1) is 25.7 Å². The first-order chi connectivity index (χ1) is 9.45. The molecule has 2 N–H and O–H groups in total. The van der Waals surface area contributed by atoms with Gasteiger partial charge in [-0.1, -0.05) is 36.2 Å². The number of hydrogen-bond donors (Lipinski definition) is 2. The molecule has 2 unspecified atom stereocenters. The van der Waals surface area contributed by atoms with Crippen LogP contribution >= 0.6 is 0 Å². The first kappa shape index (κ1) is 15.0. The maximum atomic E-state index is 12.2. The number of hydrogen-bond acceptors (Lipinski definition) is 2. The van der Waals surface area contributed by atoms with E-state index in [1.54, 1.807) is 0 Å². The van der Waals surface area contributed by atoms with E-state index < -0.39 is 0 Å². The normalized spacial score (nSPS) is 18.2. The topological polar surface area (TPSA) is 41.1 Å². The van der Waals surface area contributed by atoms with E-state index in [1.165, 1.54) is 16.7 Å². The molecule has 0 saturated carbocycles. The summed E-state index contributed by atoms with van der Waals surface area (Å²) < 4.78 is 0. The van der Waals surface area contributed by atoms with E-state index in [1.807, 2.05) is 6.92 Å². The quantitative estimate of drug-likeness (QED) is 0.864. The van der Waals surface area contributed by atoms with Crippen molar-refractivity contribution in [3.8, 4) is 0 Å². The summed E-state index contributed by atoms with van der Waals surface area (Å²) in [5.41, 5.74) is 3.87. The van der Waals surface area contributed by atoms with E-state index in [0.717, 1.165) is 19.5 Å². The van der Waals surface area contributed by atoms with Crippen molar-refractivity contribution in [2.45, 2.75) is 40.2 Å². The molecule has 110 valence electrons. The van der Waals surface area contributed by atoms with E-state index in [2.05, 4.69) is 49.6 Å². The molecule has 0 aromatic heterocycles. The van der Waals surface area contributed by atoms with Gasteiger partial charge in [0.25, 0.3) is 0 Å². The fourth-order valence-corrected chi connectivity index (χ4v) is 2.84. The second-order valence-corrected chi connectivity index (χ2v) is 6.32. The van der Waals surface area contributed by atoms with Crippen LogP contribution < -0.4 is 10.6 Å². The number of rotatable bonds is 5. The smallest absolute Gasteiger partial charge is 0.223 e. The van der Waals surface area contributed by atoms with Gasteiger partial charge in [-0.15, -0.1) is 0 Å². The van der Waals surface area contributed by atoms with Gasteiger partial charge >= 0.3 is 0 Å². The summed E-state index contributed by atoms with van der Waals surface area (Å²) in [5, 5.41) is 6.37. The molecule has 0 spiro atoms. The maximum absolute atomic E-state index is 12.2. The van der Waals surface area contributed by atoms with Gasteiger partial charge in [0.15, 0.2) is 0 Å². The Kier molecular flexibility index (Phi) is 4.81. The van der Waals surface area contributed by atoms with Gasteiger partial charge in [0.2, 0.25) is 5.91 Å². The van der Waals surface area contributed by atoms with Gasteiger partial charge < -0.3 is 10.6 Å². The predicted molar refractivity (Wildman–Crippen MR) is 82.7 cm³/mol. The molecule has 2 rings (SSSR count). The number of amides is 1. The minimum Gasteiger partial charge on any atom is -0.353 e. The first-order valence-corrected chi connectivity index (χ1v) is 7.54. The van der Waals surface area contributed by atoms with E-state index in [4.69, 9.17) is 0 Å². The molecule has 1 fully saturated rings. The molecular formula is C17H26N2O. The lowest BCUT2D eigenvalue weighted by Gasteiger charge is -2.32. The molecule has 2 atom stereocenters. The summed E-state index contributed by atoms with van der Waals surface area (Å²) in [5.74, 6) is 0.801. The molecule has 3 nitrogen and oxygen atoms in total. The summed E-state index contributed by atoms with van der Waals surface area (Å²) in [7, 11) is 0. The molecule has 1 aliphatic rings.